The molecule has 0 bridgehead atoms. The largest absolute Gasteiger partial charge is 0.450 e. The van der Waals surface area contributed by atoms with E-state index in [1.807, 2.05) is 49.2 Å². The average molecular weight is 316 g/mol. The average Bonchev–Trinajstić information content (AvgIpc) is 2.82. The zero-order valence-electron chi connectivity index (χ0n) is 13.8. The Morgan fingerprint density at radius 3 is 2.52 bits per heavy atom. The summed E-state index contributed by atoms with van der Waals surface area (Å²) in [7, 11) is 1.91. The number of hydrogen-bond acceptors (Lipinski definition) is 3. The minimum Gasteiger partial charge on any atom is -0.450 e. The van der Waals surface area contributed by atoms with Crippen LogP contribution in [0.2, 0.25) is 0 Å². The van der Waals surface area contributed by atoms with Crippen molar-refractivity contribution in [2.45, 2.75) is 37.6 Å². The third kappa shape index (κ3) is 2.80. The first-order valence-electron chi connectivity index (χ1n) is 8.32. The van der Waals surface area contributed by atoms with Crippen LogP contribution in [0.4, 0.5) is 4.79 Å². The first kappa shape index (κ1) is 15.8. The molecular formula is C18H24N2O3. The number of carbonyl (C=O) groups is 2. The van der Waals surface area contributed by atoms with Crippen molar-refractivity contribution in [1.29, 1.82) is 0 Å². The van der Waals surface area contributed by atoms with E-state index >= 15 is 0 Å². The van der Waals surface area contributed by atoms with Gasteiger partial charge in [-0.05, 0) is 31.7 Å². The van der Waals surface area contributed by atoms with E-state index in [4.69, 9.17) is 4.74 Å². The molecule has 2 saturated heterocycles. The molecule has 23 heavy (non-hydrogen) atoms. The van der Waals surface area contributed by atoms with Gasteiger partial charge < -0.3 is 14.5 Å². The lowest BCUT2D eigenvalue weighted by atomic mass is 9.81. The van der Waals surface area contributed by atoms with Crippen molar-refractivity contribution < 1.29 is 14.3 Å². The van der Waals surface area contributed by atoms with Crippen molar-refractivity contribution >= 4 is 12.0 Å². The van der Waals surface area contributed by atoms with E-state index in [0.717, 1.165) is 24.8 Å². The molecule has 124 valence electrons. The highest BCUT2D eigenvalue weighted by molar-refractivity contribution is 5.87. The lowest BCUT2D eigenvalue weighted by Gasteiger charge is -2.43. The van der Waals surface area contributed by atoms with Gasteiger partial charge in [0.1, 0.15) is 0 Å². The van der Waals surface area contributed by atoms with Crippen LogP contribution < -0.4 is 0 Å². The summed E-state index contributed by atoms with van der Waals surface area (Å²) in [5, 5.41) is 0. The van der Waals surface area contributed by atoms with Crippen molar-refractivity contribution in [3.8, 4) is 0 Å². The molecule has 2 aliphatic heterocycles. The Labute approximate surface area is 137 Å². The van der Waals surface area contributed by atoms with Crippen LogP contribution in [0.15, 0.2) is 30.3 Å². The molecule has 2 amide bonds. The number of hydrogen-bond donors (Lipinski definition) is 0. The van der Waals surface area contributed by atoms with Crippen LogP contribution in [0.25, 0.3) is 0 Å². The predicted molar refractivity (Wildman–Crippen MR) is 87.1 cm³/mol. The molecule has 0 aromatic heterocycles. The van der Waals surface area contributed by atoms with E-state index in [1.54, 1.807) is 4.90 Å². The number of carbonyl (C=O) groups excluding carboxylic acids is 2. The molecule has 1 aromatic rings. The predicted octanol–water partition coefficient (Wildman–Crippen LogP) is 2.62. The number of benzene rings is 1. The monoisotopic (exact) mass is 316 g/mol. The highest BCUT2D eigenvalue weighted by atomic mass is 16.6. The van der Waals surface area contributed by atoms with Crippen LogP contribution in [0.5, 0.6) is 0 Å². The Kier molecular flexibility index (Phi) is 4.28. The SMILES string of the molecule is CCOC(=O)N1CCC2(CC1)C[C@H](c1ccccc1)C(=O)N2C. The summed E-state index contributed by atoms with van der Waals surface area (Å²) in [5.41, 5.74) is 0.967. The molecule has 1 aromatic carbocycles. The molecular weight excluding hydrogens is 292 g/mol. The van der Waals surface area contributed by atoms with Gasteiger partial charge >= 0.3 is 6.09 Å². The maximum absolute atomic E-state index is 12.7. The van der Waals surface area contributed by atoms with Crippen molar-refractivity contribution in [2.24, 2.45) is 0 Å². The lowest BCUT2D eigenvalue weighted by molar-refractivity contribution is -0.131. The van der Waals surface area contributed by atoms with E-state index in [2.05, 4.69) is 0 Å². The molecule has 5 heteroatoms. The summed E-state index contributed by atoms with van der Waals surface area (Å²) < 4.78 is 5.08. The standard InChI is InChI=1S/C18H24N2O3/c1-3-23-17(22)20-11-9-18(10-12-20)13-15(16(21)19(18)2)14-7-5-4-6-8-14/h4-8,15H,3,9-13H2,1-2H3/t15-/m1/s1. The molecule has 2 aliphatic rings. The van der Waals surface area contributed by atoms with Gasteiger partial charge in [-0.2, -0.15) is 0 Å². The Balaban J connectivity index is 1.72. The molecule has 2 fully saturated rings. The van der Waals surface area contributed by atoms with Crippen LogP contribution >= 0.6 is 0 Å². The highest BCUT2D eigenvalue weighted by Gasteiger charge is 2.50. The van der Waals surface area contributed by atoms with Gasteiger partial charge in [0.15, 0.2) is 0 Å². The van der Waals surface area contributed by atoms with Gasteiger partial charge in [-0.1, -0.05) is 30.3 Å². The zero-order valence-corrected chi connectivity index (χ0v) is 13.8. The Morgan fingerprint density at radius 2 is 1.91 bits per heavy atom. The summed E-state index contributed by atoms with van der Waals surface area (Å²) in [4.78, 5) is 28.3. The van der Waals surface area contributed by atoms with Crippen molar-refractivity contribution in [3.63, 3.8) is 0 Å². The van der Waals surface area contributed by atoms with E-state index in [9.17, 15) is 9.59 Å². The second-order valence-corrected chi connectivity index (χ2v) is 6.47. The number of amides is 2. The second-order valence-electron chi connectivity index (χ2n) is 6.47. The van der Waals surface area contributed by atoms with Crippen LogP contribution in [0.1, 0.15) is 37.7 Å². The summed E-state index contributed by atoms with van der Waals surface area (Å²) >= 11 is 0. The fourth-order valence-corrected chi connectivity index (χ4v) is 3.88. The molecule has 0 radical (unpaired) electrons. The fourth-order valence-electron chi connectivity index (χ4n) is 3.88. The molecule has 0 unspecified atom stereocenters. The van der Waals surface area contributed by atoms with Crippen LogP contribution in [-0.2, 0) is 9.53 Å². The number of rotatable bonds is 2. The van der Waals surface area contributed by atoms with Crippen LogP contribution in [-0.4, -0.2) is 54.1 Å². The van der Waals surface area contributed by atoms with Crippen molar-refractivity contribution in [1.82, 2.24) is 9.80 Å². The molecule has 3 rings (SSSR count). The van der Waals surface area contributed by atoms with Gasteiger partial charge in [0.2, 0.25) is 5.91 Å². The second kappa shape index (κ2) is 6.22. The van der Waals surface area contributed by atoms with Crippen molar-refractivity contribution in [2.75, 3.05) is 26.7 Å². The maximum Gasteiger partial charge on any atom is 0.409 e. The fraction of sp³-hybridized carbons (Fsp3) is 0.556. The minimum atomic E-state index is -0.242. The summed E-state index contributed by atoms with van der Waals surface area (Å²) in [6.45, 7) is 3.52. The molecule has 0 saturated carbocycles. The summed E-state index contributed by atoms with van der Waals surface area (Å²) in [6, 6.07) is 10.0. The number of likely N-dealkylation sites (N-methyl/N-ethyl adjacent to an activating group) is 1. The third-order valence-corrected chi connectivity index (χ3v) is 5.35. The third-order valence-electron chi connectivity index (χ3n) is 5.35. The zero-order chi connectivity index (χ0) is 16.4. The first-order chi connectivity index (χ1) is 11.1. The van der Waals surface area contributed by atoms with E-state index in [0.29, 0.717) is 19.7 Å². The number of piperidine rings is 1. The maximum atomic E-state index is 12.7. The molecule has 1 spiro atoms. The summed E-state index contributed by atoms with van der Waals surface area (Å²) in [5.74, 6) is 0.135. The lowest BCUT2D eigenvalue weighted by Crippen LogP contribution is -2.52. The molecule has 0 N–H and O–H groups in total. The topological polar surface area (TPSA) is 49.9 Å². The van der Waals surface area contributed by atoms with E-state index in [1.165, 1.54) is 0 Å². The van der Waals surface area contributed by atoms with Gasteiger partial charge in [-0.15, -0.1) is 0 Å². The Hall–Kier alpha value is -2.04. The number of likely N-dealkylation sites (tertiary alicyclic amines) is 2. The summed E-state index contributed by atoms with van der Waals surface area (Å²) in [6.07, 6.45) is 2.23. The molecule has 0 aliphatic carbocycles. The minimum absolute atomic E-state index is 0.0599. The Morgan fingerprint density at radius 1 is 1.26 bits per heavy atom. The van der Waals surface area contributed by atoms with Gasteiger partial charge in [0.05, 0.1) is 12.5 Å². The molecule has 2 heterocycles. The van der Waals surface area contributed by atoms with E-state index in [-0.39, 0.29) is 23.5 Å². The number of ether oxygens (including phenoxy) is 1. The smallest absolute Gasteiger partial charge is 0.409 e. The van der Waals surface area contributed by atoms with Crippen LogP contribution in [0.3, 0.4) is 0 Å². The normalized spacial score (nSPS) is 23.4. The van der Waals surface area contributed by atoms with Gasteiger partial charge in [-0.25, -0.2) is 4.79 Å². The van der Waals surface area contributed by atoms with Gasteiger partial charge in [0.25, 0.3) is 0 Å². The highest BCUT2D eigenvalue weighted by Crippen LogP contribution is 2.44. The van der Waals surface area contributed by atoms with Crippen molar-refractivity contribution in [3.05, 3.63) is 35.9 Å². The quantitative estimate of drug-likeness (QED) is 0.843. The Bertz CT molecular complexity index is 579. The van der Waals surface area contributed by atoms with Gasteiger partial charge in [-0.3, -0.25) is 4.79 Å². The van der Waals surface area contributed by atoms with Gasteiger partial charge in [0, 0.05) is 25.7 Å². The molecule has 5 nitrogen and oxygen atoms in total. The number of nitrogens with zero attached hydrogens (tertiary/aromatic N) is 2. The van der Waals surface area contributed by atoms with E-state index < -0.39 is 0 Å². The molecule has 1 atom stereocenters. The van der Waals surface area contributed by atoms with Crippen LogP contribution in [0, 0.1) is 0 Å². The first-order valence-corrected chi connectivity index (χ1v) is 8.32.